The van der Waals surface area contributed by atoms with Crippen molar-refractivity contribution in [1.82, 2.24) is 4.90 Å². The summed E-state index contributed by atoms with van der Waals surface area (Å²) < 4.78 is 10.5. The number of amides is 1. The number of rotatable bonds is 6. The van der Waals surface area contributed by atoms with Crippen molar-refractivity contribution in [2.24, 2.45) is 0 Å². The van der Waals surface area contributed by atoms with Crippen molar-refractivity contribution in [3.05, 3.63) is 35.6 Å². The van der Waals surface area contributed by atoms with Gasteiger partial charge in [0.15, 0.2) is 0 Å². The lowest BCUT2D eigenvalue weighted by Gasteiger charge is -2.16. The second kappa shape index (κ2) is 7.88. The van der Waals surface area contributed by atoms with Crippen molar-refractivity contribution in [3.63, 3.8) is 0 Å². The molecule has 0 radical (unpaired) electrons. The summed E-state index contributed by atoms with van der Waals surface area (Å²) >= 11 is 0. The summed E-state index contributed by atoms with van der Waals surface area (Å²) in [6.07, 6.45) is 1.61. The largest absolute Gasteiger partial charge is 0.460 e. The number of carbonyl (C=O) groups is 2. The number of anilines is 1. The second-order valence-corrected chi connectivity index (χ2v) is 5.61. The predicted octanol–water partition coefficient (Wildman–Crippen LogP) is 3.46. The summed E-state index contributed by atoms with van der Waals surface area (Å²) in [6, 6.07) is 5.39. The van der Waals surface area contributed by atoms with Crippen molar-refractivity contribution < 1.29 is 18.7 Å². The highest BCUT2D eigenvalue weighted by atomic mass is 16.5. The number of nitrogens with two attached hydrogens (primary N) is 1. The average Bonchev–Trinajstić information content (AvgIpc) is 2.92. The molecule has 25 heavy (non-hydrogen) atoms. The van der Waals surface area contributed by atoms with Gasteiger partial charge in [-0.25, -0.2) is 4.79 Å². The zero-order chi connectivity index (χ0) is 18.6. The van der Waals surface area contributed by atoms with E-state index in [9.17, 15) is 9.59 Å². The first kappa shape index (κ1) is 18.6. The third-order valence-electron chi connectivity index (χ3n) is 4.06. The normalized spacial score (nSPS) is 11.6. The van der Waals surface area contributed by atoms with Gasteiger partial charge >= 0.3 is 5.97 Å². The van der Waals surface area contributed by atoms with Gasteiger partial charge in [-0.05, 0) is 51.0 Å². The number of furan rings is 1. The van der Waals surface area contributed by atoms with Crippen LogP contribution in [0.5, 0.6) is 0 Å². The Bertz CT molecular complexity index is 816. The Morgan fingerprint density at radius 2 is 1.92 bits per heavy atom. The van der Waals surface area contributed by atoms with Gasteiger partial charge in [0.25, 0.3) is 0 Å². The Morgan fingerprint density at radius 3 is 2.52 bits per heavy atom. The van der Waals surface area contributed by atoms with Crippen LogP contribution in [0.2, 0.25) is 0 Å². The zero-order valence-electron chi connectivity index (χ0n) is 15.1. The van der Waals surface area contributed by atoms with Crippen LogP contribution < -0.4 is 5.73 Å². The van der Waals surface area contributed by atoms with Gasteiger partial charge in [-0.3, -0.25) is 4.79 Å². The highest BCUT2D eigenvalue weighted by molar-refractivity contribution is 6.04. The maximum atomic E-state index is 12.2. The Hall–Kier alpha value is -2.76. The molecule has 0 bridgehead atoms. The summed E-state index contributed by atoms with van der Waals surface area (Å²) in [4.78, 5) is 25.9. The molecule has 0 saturated heterocycles. The number of benzene rings is 1. The van der Waals surface area contributed by atoms with Crippen molar-refractivity contribution in [1.29, 1.82) is 0 Å². The molecule has 1 aromatic carbocycles. The van der Waals surface area contributed by atoms with Crippen LogP contribution in [0, 0.1) is 0 Å². The molecule has 0 fully saturated rings. The van der Waals surface area contributed by atoms with Crippen LogP contribution in [-0.4, -0.2) is 36.5 Å². The van der Waals surface area contributed by atoms with E-state index in [0.717, 1.165) is 11.1 Å². The summed E-state index contributed by atoms with van der Waals surface area (Å²) in [5, 5.41) is 0.628. The number of esters is 1. The minimum absolute atomic E-state index is 0.00912. The molecule has 0 aliphatic rings. The Labute approximate surface area is 147 Å². The summed E-state index contributed by atoms with van der Waals surface area (Å²) in [5.74, 6) is -0.605. The number of hydrogen-bond donors (Lipinski definition) is 1. The SMILES string of the molecule is CCOC(=O)c1oc2ccc(C(C)=CC(=O)N(CC)CC)cc2c1N. The standard InChI is InChI=1S/C19H24N2O4/c1-5-21(6-2)16(22)10-12(4)13-8-9-15-14(11-13)17(20)18(25-15)19(23)24-7-3/h8-11H,5-7,20H2,1-4H3. The summed E-state index contributed by atoms with van der Waals surface area (Å²) in [6.45, 7) is 9.04. The van der Waals surface area contributed by atoms with E-state index in [1.807, 2.05) is 32.9 Å². The lowest BCUT2D eigenvalue weighted by molar-refractivity contribution is -0.125. The van der Waals surface area contributed by atoms with Gasteiger partial charge in [0.1, 0.15) is 5.58 Å². The zero-order valence-corrected chi connectivity index (χ0v) is 15.1. The Balaban J connectivity index is 2.39. The molecule has 0 unspecified atom stereocenters. The van der Waals surface area contributed by atoms with Crippen molar-refractivity contribution in [2.45, 2.75) is 27.7 Å². The smallest absolute Gasteiger partial charge is 0.376 e. The second-order valence-electron chi connectivity index (χ2n) is 5.61. The van der Waals surface area contributed by atoms with Crippen molar-refractivity contribution in [3.8, 4) is 0 Å². The quantitative estimate of drug-likeness (QED) is 0.640. The first-order valence-corrected chi connectivity index (χ1v) is 8.39. The van der Waals surface area contributed by atoms with E-state index < -0.39 is 5.97 Å². The fourth-order valence-corrected chi connectivity index (χ4v) is 2.61. The third-order valence-corrected chi connectivity index (χ3v) is 4.06. The highest BCUT2D eigenvalue weighted by Crippen LogP contribution is 2.31. The van der Waals surface area contributed by atoms with Crippen molar-refractivity contribution in [2.75, 3.05) is 25.4 Å². The summed E-state index contributed by atoms with van der Waals surface area (Å²) in [7, 11) is 0. The first-order chi connectivity index (χ1) is 11.9. The lowest BCUT2D eigenvalue weighted by Crippen LogP contribution is -2.28. The number of nitrogen functional groups attached to an aromatic ring is 1. The maximum absolute atomic E-state index is 12.2. The van der Waals surface area contributed by atoms with E-state index in [2.05, 4.69) is 0 Å². The number of ether oxygens (including phenoxy) is 1. The lowest BCUT2D eigenvalue weighted by atomic mass is 10.0. The first-order valence-electron chi connectivity index (χ1n) is 8.39. The number of allylic oxidation sites excluding steroid dienone is 1. The van der Waals surface area contributed by atoms with Crippen LogP contribution in [0.15, 0.2) is 28.7 Å². The molecule has 1 heterocycles. The molecule has 0 spiro atoms. The van der Waals surface area contributed by atoms with Crippen LogP contribution >= 0.6 is 0 Å². The number of likely N-dealkylation sites (N-methyl/N-ethyl adjacent to an activating group) is 1. The molecule has 6 heteroatoms. The predicted molar refractivity (Wildman–Crippen MR) is 98.2 cm³/mol. The fraction of sp³-hybridized carbons (Fsp3) is 0.368. The number of carbonyl (C=O) groups excluding carboxylic acids is 2. The minimum atomic E-state index is -0.582. The van der Waals surface area contributed by atoms with Gasteiger partial charge in [-0.15, -0.1) is 0 Å². The van der Waals surface area contributed by atoms with E-state index >= 15 is 0 Å². The van der Waals surface area contributed by atoms with E-state index in [0.29, 0.717) is 24.1 Å². The molecule has 1 amide bonds. The van der Waals surface area contributed by atoms with Gasteiger partial charge in [0.2, 0.25) is 11.7 Å². The van der Waals surface area contributed by atoms with Crippen LogP contribution in [0.25, 0.3) is 16.5 Å². The molecule has 0 aliphatic carbocycles. The molecular formula is C19H24N2O4. The van der Waals surface area contributed by atoms with Gasteiger partial charge in [-0.2, -0.15) is 0 Å². The molecule has 2 rings (SSSR count). The Morgan fingerprint density at radius 1 is 1.24 bits per heavy atom. The van der Waals surface area contributed by atoms with Crippen LogP contribution in [0.1, 0.15) is 43.8 Å². The third kappa shape index (κ3) is 3.84. The number of fused-ring (bicyclic) bond motifs is 1. The average molecular weight is 344 g/mol. The molecule has 2 N–H and O–H groups in total. The van der Waals surface area contributed by atoms with Gasteiger partial charge in [-0.1, -0.05) is 6.07 Å². The molecule has 134 valence electrons. The monoisotopic (exact) mass is 344 g/mol. The van der Waals surface area contributed by atoms with Crippen LogP contribution in [-0.2, 0) is 9.53 Å². The fourth-order valence-electron chi connectivity index (χ4n) is 2.61. The van der Waals surface area contributed by atoms with E-state index in [4.69, 9.17) is 14.9 Å². The Kier molecular flexibility index (Phi) is 5.85. The summed E-state index contributed by atoms with van der Waals surface area (Å²) in [5.41, 5.74) is 8.46. The van der Waals surface area contributed by atoms with E-state index in [1.54, 1.807) is 24.0 Å². The van der Waals surface area contributed by atoms with Crippen LogP contribution in [0.3, 0.4) is 0 Å². The number of nitrogens with zero attached hydrogens (tertiary/aromatic N) is 1. The molecule has 2 aromatic rings. The van der Waals surface area contributed by atoms with Gasteiger partial charge < -0.3 is 19.8 Å². The molecular weight excluding hydrogens is 320 g/mol. The molecule has 6 nitrogen and oxygen atoms in total. The van der Waals surface area contributed by atoms with Crippen LogP contribution in [0.4, 0.5) is 5.69 Å². The highest BCUT2D eigenvalue weighted by Gasteiger charge is 2.20. The van der Waals surface area contributed by atoms with E-state index in [-0.39, 0.29) is 24.0 Å². The van der Waals surface area contributed by atoms with Gasteiger partial charge in [0.05, 0.1) is 12.3 Å². The molecule has 0 atom stereocenters. The minimum Gasteiger partial charge on any atom is -0.460 e. The van der Waals surface area contributed by atoms with E-state index in [1.165, 1.54) is 0 Å². The van der Waals surface area contributed by atoms with Crippen molar-refractivity contribution >= 4 is 34.1 Å². The van der Waals surface area contributed by atoms with Gasteiger partial charge in [0, 0.05) is 24.6 Å². The topological polar surface area (TPSA) is 85.8 Å². The number of hydrogen-bond acceptors (Lipinski definition) is 5. The molecule has 1 aromatic heterocycles. The maximum Gasteiger partial charge on any atom is 0.376 e. The molecule has 0 aliphatic heterocycles. The molecule has 0 saturated carbocycles.